The molecule has 1 amide bonds. The van der Waals surface area contributed by atoms with E-state index in [2.05, 4.69) is 0 Å². The Morgan fingerprint density at radius 3 is 2.13 bits per heavy atom. The molecule has 0 aliphatic heterocycles. The Morgan fingerprint density at radius 2 is 1.57 bits per heavy atom. The van der Waals surface area contributed by atoms with E-state index in [9.17, 15) is 15.0 Å². The summed E-state index contributed by atoms with van der Waals surface area (Å²) in [7, 11) is 0. The molecule has 0 aromatic heterocycles. The predicted molar refractivity (Wildman–Crippen MR) is 87.0 cm³/mol. The fourth-order valence-electron chi connectivity index (χ4n) is 2.21. The van der Waals surface area contributed by atoms with Gasteiger partial charge >= 0.3 is 6.09 Å². The predicted octanol–water partition coefficient (Wildman–Crippen LogP) is 2.74. The molecule has 5 nitrogen and oxygen atoms in total. The van der Waals surface area contributed by atoms with Crippen molar-refractivity contribution in [3.8, 4) is 0 Å². The molecule has 2 N–H and O–H groups in total. The molecular weight excluding hydrogens is 294 g/mol. The van der Waals surface area contributed by atoms with Crippen LogP contribution in [0.4, 0.5) is 4.79 Å². The maximum Gasteiger partial charge on any atom is 0.407 e. The second-order valence-corrected chi connectivity index (χ2v) is 5.30. The van der Waals surface area contributed by atoms with Crippen LogP contribution in [-0.2, 0) is 17.9 Å². The lowest BCUT2D eigenvalue weighted by Gasteiger charge is -2.22. The first kappa shape index (κ1) is 17.0. The second-order valence-electron chi connectivity index (χ2n) is 5.30. The SMILES string of the molecule is O=C(O)N(Cc1ccccc1)CC(O)COCc1ccccc1. The minimum absolute atomic E-state index is 0.0129. The van der Waals surface area contributed by atoms with Gasteiger partial charge in [0.2, 0.25) is 0 Å². The summed E-state index contributed by atoms with van der Waals surface area (Å²) < 4.78 is 5.44. The lowest BCUT2D eigenvalue weighted by Crippen LogP contribution is -2.37. The molecular formula is C18H21NO4. The van der Waals surface area contributed by atoms with Crippen LogP contribution in [0.15, 0.2) is 60.7 Å². The van der Waals surface area contributed by atoms with Gasteiger partial charge in [-0.2, -0.15) is 0 Å². The zero-order valence-corrected chi connectivity index (χ0v) is 12.8. The summed E-state index contributed by atoms with van der Waals surface area (Å²) >= 11 is 0. The van der Waals surface area contributed by atoms with Crippen LogP contribution >= 0.6 is 0 Å². The highest BCUT2D eigenvalue weighted by atomic mass is 16.5. The minimum atomic E-state index is -1.06. The number of amides is 1. The molecule has 0 heterocycles. The van der Waals surface area contributed by atoms with Gasteiger partial charge in [-0.1, -0.05) is 60.7 Å². The molecule has 2 aromatic carbocycles. The first-order valence-corrected chi connectivity index (χ1v) is 7.46. The molecule has 1 atom stereocenters. The van der Waals surface area contributed by atoms with Crippen LogP contribution in [0.2, 0.25) is 0 Å². The van der Waals surface area contributed by atoms with Crippen LogP contribution in [0.1, 0.15) is 11.1 Å². The molecule has 0 fully saturated rings. The number of carbonyl (C=O) groups is 1. The van der Waals surface area contributed by atoms with Gasteiger partial charge in [-0.3, -0.25) is 0 Å². The smallest absolute Gasteiger partial charge is 0.407 e. The van der Waals surface area contributed by atoms with Gasteiger partial charge in [0.05, 0.1) is 25.9 Å². The van der Waals surface area contributed by atoms with Crippen molar-refractivity contribution in [3.63, 3.8) is 0 Å². The van der Waals surface area contributed by atoms with Gasteiger partial charge in [-0.15, -0.1) is 0 Å². The van der Waals surface area contributed by atoms with E-state index in [1.165, 1.54) is 4.90 Å². The van der Waals surface area contributed by atoms with E-state index < -0.39 is 12.2 Å². The molecule has 122 valence electrons. The zero-order valence-electron chi connectivity index (χ0n) is 12.8. The number of hydrogen-bond acceptors (Lipinski definition) is 3. The standard InChI is InChI=1S/C18H21NO4/c20-17(14-23-13-16-9-5-2-6-10-16)12-19(18(21)22)11-15-7-3-1-4-8-15/h1-10,17,20H,11-14H2,(H,21,22). The summed E-state index contributed by atoms with van der Waals surface area (Å²) in [6, 6.07) is 18.9. The highest BCUT2D eigenvalue weighted by molar-refractivity contribution is 5.65. The molecule has 2 rings (SSSR count). The lowest BCUT2D eigenvalue weighted by atomic mass is 10.2. The molecule has 1 unspecified atom stereocenters. The summed E-state index contributed by atoms with van der Waals surface area (Å²) in [6.45, 7) is 0.738. The van der Waals surface area contributed by atoms with Gasteiger partial charge in [0.25, 0.3) is 0 Å². The first-order chi connectivity index (χ1) is 11.1. The Balaban J connectivity index is 1.79. The molecule has 2 aromatic rings. The van der Waals surface area contributed by atoms with Crippen LogP contribution in [-0.4, -0.2) is 40.5 Å². The Kier molecular flexibility index (Phi) is 6.59. The normalized spacial score (nSPS) is 11.9. The van der Waals surface area contributed by atoms with Gasteiger partial charge < -0.3 is 19.8 Å². The zero-order chi connectivity index (χ0) is 16.5. The summed E-state index contributed by atoms with van der Waals surface area (Å²) in [5.41, 5.74) is 1.89. The van der Waals surface area contributed by atoms with Crippen LogP contribution in [0.5, 0.6) is 0 Å². The van der Waals surface area contributed by atoms with Crippen LogP contribution in [0.25, 0.3) is 0 Å². The molecule has 0 aliphatic rings. The maximum atomic E-state index is 11.3. The Morgan fingerprint density at radius 1 is 1.00 bits per heavy atom. The van der Waals surface area contributed by atoms with E-state index in [1.807, 2.05) is 60.7 Å². The Labute approximate surface area is 135 Å². The maximum absolute atomic E-state index is 11.3. The molecule has 0 aliphatic carbocycles. The third-order valence-electron chi connectivity index (χ3n) is 3.34. The molecule has 0 saturated carbocycles. The van der Waals surface area contributed by atoms with Gasteiger partial charge in [0, 0.05) is 6.54 Å². The van der Waals surface area contributed by atoms with E-state index in [0.29, 0.717) is 6.61 Å². The quantitative estimate of drug-likeness (QED) is 0.786. The fraction of sp³-hybridized carbons (Fsp3) is 0.278. The van der Waals surface area contributed by atoms with E-state index in [4.69, 9.17) is 4.74 Å². The van der Waals surface area contributed by atoms with Crippen molar-refractivity contribution in [2.75, 3.05) is 13.2 Å². The van der Waals surface area contributed by atoms with Crippen LogP contribution in [0, 0.1) is 0 Å². The monoisotopic (exact) mass is 315 g/mol. The summed E-state index contributed by atoms with van der Waals surface area (Å²) in [4.78, 5) is 12.5. The average molecular weight is 315 g/mol. The molecule has 5 heteroatoms. The second kappa shape index (κ2) is 8.92. The fourth-order valence-corrected chi connectivity index (χ4v) is 2.21. The van der Waals surface area contributed by atoms with E-state index in [-0.39, 0.29) is 19.7 Å². The number of aliphatic hydroxyl groups excluding tert-OH is 1. The molecule has 23 heavy (non-hydrogen) atoms. The average Bonchev–Trinajstić information content (AvgIpc) is 2.56. The Bertz CT molecular complexity index is 588. The highest BCUT2D eigenvalue weighted by Crippen LogP contribution is 2.07. The van der Waals surface area contributed by atoms with Crippen LogP contribution in [0.3, 0.4) is 0 Å². The number of aliphatic hydroxyl groups is 1. The highest BCUT2D eigenvalue weighted by Gasteiger charge is 2.17. The van der Waals surface area contributed by atoms with Crippen LogP contribution < -0.4 is 0 Å². The van der Waals surface area contributed by atoms with E-state index in [0.717, 1.165) is 11.1 Å². The molecule has 0 radical (unpaired) electrons. The summed E-state index contributed by atoms with van der Waals surface area (Å²) in [6.07, 6.45) is -1.92. The molecule has 0 spiro atoms. The van der Waals surface area contributed by atoms with Crippen molar-refractivity contribution in [1.29, 1.82) is 0 Å². The number of hydrogen-bond donors (Lipinski definition) is 2. The summed E-state index contributed by atoms with van der Waals surface area (Å²) in [5, 5.41) is 19.3. The van der Waals surface area contributed by atoms with Gasteiger partial charge in [0.15, 0.2) is 0 Å². The van der Waals surface area contributed by atoms with Crippen molar-refractivity contribution in [3.05, 3.63) is 71.8 Å². The van der Waals surface area contributed by atoms with Crippen molar-refractivity contribution >= 4 is 6.09 Å². The van der Waals surface area contributed by atoms with E-state index >= 15 is 0 Å². The third-order valence-corrected chi connectivity index (χ3v) is 3.34. The number of ether oxygens (including phenoxy) is 1. The first-order valence-electron chi connectivity index (χ1n) is 7.46. The number of carboxylic acid groups (broad SMARTS) is 1. The van der Waals surface area contributed by atoms with Gasteiger partial charge in [0.1, 0.15) is 0 Å². The number of benzene rings is 2. The summed E-state index contributed by atoms with van der Waals surface area (Å²) in [5.74, 6) is 0. The lowest BCUT2D eigenvalue weighted by molar-refractivity contribution is 0.0104. The van der Waals surface area contributed by atoms with Gasteiger partial charge in [-0.05, 0) is 11.1 Å². The number of nitrogens with zero attached hydrogens (tertiary/aromatic N) is 1. The van der Waals surface area contributed by atoms with Crippen molar-refractivity contribution in [2.24, 2.45) is 0 Å². The van der Waals surface area contributed by atoms with Gasteiger partial charge in [-0.25, -0.2) is 4.79 Å². The van der Waals surface area contributed by atoms with Crippen molar-refractivity contribution in [1.82, 2.24) is 4.90 Å². The molecule has 0 bridgehead atoms. The van der Waals surface area contributed by atoms with E-state index in [1.54, 1.807) is 0 Å². The Hall–Kier alpha value is -2.37. The topological polar surface area (TPSA) is 70.0 Å². The largest absolute Gasteiger partial charge is 0.465 e. The van der Waals surface area contributed by atoms with Crippen molar-refractivity contribution < 1.29 is 19.7 Å². The third kappa shape index (κ3) is 6.10. The van der Waals surface area contributed by atoms with Crippen molar-refractivity contribution in [2.45, 2.75) is 19.3 Å². The molecule has 0 saturated heterocycles. The number of rotatable bonds is 8. The minimum Gasteiger partial charge on any atom is -0.465 e.